The Morgan fingerprint density at radius 1 is 1.17 bits per heavy atom. The molecule has 0 bridgehead atoms. The number of carboxylic acids is 1. The number of carbonyl (C=O) groups is 1. The highest BCUT2D eigenvalue weighted by molar-refractivity contribution is 5.93. The Kier molecular flexibility index (Phi) is 3.56. The van der Waals surface area contributed by atoms with Crippen LogP contribution in [0.3, 0.4) is 0 Å². The molecule has 0 atom stereocenters. The number of aromatic nitrogens is 2. The molecular formula is C18H18N2O3. The van der Waals surface area contributed by atoms with Crippen LogP contribution in [0, 0.1) is 13.8 Å². The smallest absolute Gasteiger partial charge is 0.341 e. The Hall–Kier alpha value is -2.82. The second-order valence-corrected chi connectivity index (χ2v) is 5.77. The third-order valence-electron chi connectivity index (χ3n) is 4.34. The van der Waals surface area contributed by atoms with E-state index in [2.05, 4.69) is 4.57 Å². The van der Waals surface area contributed by atoms with Crippen LogP contribution in [-0.2, 0) is 13.6 Å². The van der Waals surface area contributed by atoms with Gasteiger partial charge in [0.15, 0.2) is 0 Å². The lowest BCUT2D eigenvalue weighted by Crippen LogP contribution is -2.18. The summed E-state index contributed by atoms with van der Waals surface area (Å²) in [7, 11) is 1.77. The van der Waals surface area contributed by atoms with Gasteiger partial charge in [-0.15, -0.1) is 0 Å². The van der Waals surface area contributed by atoms with Gasteiger partial charge in [-0.1, -0.05) is 30.3 Å². The largest absolute Gasteiger partial charge is 0.477 e. The molecule has 3 aromatic rings. The van der Waals surface area contributed by atoms with Crippen LogP contribution in [0.5, 0.6) is 0 Å². The highest BCUT2D eigenvalue weighted by atomic mass is 16.4. The average molecular weight is 310 g/mol. The molecule has 5 heteroatoms. The molecule has 2 aromatic heterocycles. The number of hydrogen-bond donors (Lipinski definition) is 1. The molecule has 1 N–H and O–H groups in total. The number of pyridine rings is 1. The Morgan fingerprint density at radius 2 is 1.83 bits per heavy atom. The van der Waals surface area contributed by atoms with E-state index in [1.807, 2.05) is 44.2 Å². The molecule has 0 saturated heterocycles. The van der Waals surface area contributed by atoms with E-state index in [-0.39, 0.29) is 5.56 Å². The van der Waals surface area contributed by atoms with Crippen LogP contribution >= 0.6 is 0 Å². The zero-order valence-electron chi connectivity index (χ0n) is 13.3. The first-order valence-electron chi connectivity index (χ1n) is 7.38. The van der Waals surface area contributed by atoms with Gasteiger partial charge in [0.25, 0.3) is 0 Å². The summed E-state index contributed by atoms with van der Waals surface area (Å²) in [6, 6.07) is 9.98. The van der Waals surface area contributed by atoms with Crippen LogP contribution in [0.4, 0.5) is 0 Å². The monoisotopic (exact) mass is 310 g/mol. The predicted octanol–water partition coefficient (Wildman–Crippen LogP) is 2.70. The Morgan fingerprint density at radius 3 is 2.43 bits per heavy atom. The summed E-state index contributed by atoms with van der Waals surface area (Å²) in [6.07, 6.45) is 1.40. The first-order chi connectivity index (χ1) is 10.9. The third kappa shape index (κ3) is 2.34. The van der Waals surface area contributed by atoms with E-state index in [0.29, 0.717) is 11.9 Å². The quantitative estimate of drug-likeness (QED) is 0.809. The number of aromatic carboxylic acids is 1. The van der Waals surface area contributed by atoms with Gasteiger partial charge >= 0.3 is 5.97 Å². The molecule has 3 rings (SSSR count). The van der Waals surface area contributed by atoms with E-state index in [4.69, 9.17) is 0 Å². The second-order valence-electron chi connectivity index (χ2n) is 5.77. The molecule has 0 saturated carbocycles. The zero-order chi connectivity index (χ0) is 16.7. The van der Waals surface area contributed by atoms with Crippen molar-refractivity contribution in [1.82, 2.24) is 9.13 Å². The van der Waals surface area contributed by atoms with E-state index in [0.717, 1.165) is 22.5 Å². The summed E-state index contributed by atoms with van der Waals surface area (Å²) >= 11 is 0. The van der Waals surface area contributed by atoms with Crippen molar-refractivity contribution in [3.63, 3.8) is 0 Å². The van der Waals surface area contributed by atoms with E-state index in [1.165, 1.54) is 6.20 Å². The lowest BCUT2D eigenvalue weighted by Gasteiger charge is -2.12. The lowest BCUT2D eigenvalue weighted by molar-refractivity contribution is 0.0695. The number of nitrogens with zero attached hydrogens (tertiary/aromatic N) is 2. The van der Waals surface area contributed by atoms with Gasteiger partial charge in [0.05, 0.1) is 5.39 Å². The van der Waals surface area contributed by atoms with Crippen LogP contribution in [0.1, 0.15) is 27.2 Å². The summed E-state index contributed by atoms with van der Waals surface area (Å²) in [5.41, 5.74) is 3.07. The van der Waals surface area contributed by atoms with E-state index >= 15 is 0 Å². The van der Waals surface area contributed by atoms with E-state index in [1.54, 1.807) is 11.6 Å². The third-order valence-corrected chi connectivity index (χ3v) is 4.34. The predicted molar refractivity (Wildman–Crippen MR) is 89.2 cm³/mol. The van der Waals surface area contributed by atoms with Gasteiger partial charge in [-0.3, -0.25) is 4.79 Å². The van der Waals surface area contributed by atoms with Crippen molar-refractivity contribution in [3.05, 3.63) is 69.1 Å². The Bertz CT molecular complexity index is 966. The van der Waals surface area contributed by atoms with Gasteiger partial charge in [-0.25, -0.2) is 4.79 Å². The molecule has 0 amide bonds. The first-order valence-corrected chi connectivity index (χ1v) is 7.38. The molecule has 0 aliphatic carbocycles. The number of carboxylic acid groups (broad SMARTS) is 1. The maximum Gasteiger partial charge on any atom is 0.341 e. The van der Waals surface area contributed by atoms with Crippen LogP contribution in [0.15, 0.2) is 41.3 Å². The fraction of sp³-hybridized carbons (Fsp3) is 0.222. The summed E-state index contributed by atoms with van der Waals surface area (Å²) in [5, 5.41) is 9.72. The average Bonchev–Trinajstić information content (AvgIpc) is 2.77. The Labute approximate surface area is 133 Å². The number of aryl methyl sites for hydroxylation is 2. The minimum Gasteiger partial charge on any atom is -0.477 e. The minimum atomic E-state index is -1.19. The number of rotatable bonds is 3. The van der Waals surface area contributed by atoms with Gasteiger partial charge in [0.2, 0.25) is 5.43 Å². The molecule has 5 nitrogen and oxygen atoms in total. The molecule has 0 radical (unpaired) electrons. The van der Waals surface area contributed by atoms with Crippen LogP contribution in [0.2, 0.25) is 0 Å². The van der Waals surface area contributed by atoms with E-state index < -0.39 is 11.4 Å². The molecule has 0 aliphatic heterocycles. The zero-order valence-corrected chi connectivity index (χ0v) is 13.3. The minimum absolute atomic E-state index is 0.194. The van der Waals surface area contributed by atoms with Gasteiger partial charge in [0.1, 0.15) is 11.2 Å². The molecule has 23 heavy (non-hydrogen) atoms. The fourth-order valence-electron chi connectivity index (χ4n) is 3.04. The fourth-order valence-corrected chi connectivity index (χ4v) is 3.04. The molecule has 0 aliphatic rings. The van der Waals surface area contributed by atoms with Crippen molar-refractivity contribution in [1.29, 1.82) is 0 Å². The summed E-state index contributed by atoms with van der Waals surface area (Å²) in [4.78, 5) is 23.8. The van der Waals surface area contributed by atoms with Crippen molar-refractivity contribution >= 4 is 17.0 Å². The first kappa shape index (κ1) is 15.1. The van der Waals surface area contributed by atoms with Gasteiger partial charge in [-0.05, 0) is 25.0 Å². The SMILES string of the molecule is Cc1c(C)n(Cc2ccccc2)c2c1c(=O)c(C(=O)O)cn2C. The van der Waals surface area contributed by atoms with Gasteiger partial charge < -0.3 is 14.2 Å². The van der Waals surface area contributed by atoms with Crippen molar-refractivity contribution in [2.24, 2.45) is 7.05 Å². The lowest BCUT2D eigenvalue weighted by atomic mass is 10.1. The van der Waals surface area contributed by atoms with Crippen molar-refractivity contribution < 1.29 is 9.90 Å². The molecule has 1 aromatic carbocycles. The van der Waals surface area contributed by atoms with Gasteiger partial charge in [0, 0.05) is 25.5 Å². The number of benzene rings is 1. The highest BCUT2D eigenvalue weighted by Gasteiger charge is 2.20. The van der Waals surface area contributed by atoms with Crippen LogP contribution < -0.4 is 5.43 Å². The molecule has 2 heterocycles. The van der Waals surface area contributed by atoms with Crippen molar-refractivity contribution in [3.8, 4) is 0 Å². The molecule has 118 valence electrons. The summed E-state index contributed by atoms with van der Waals surface area (Å²) < 4.78 is 3.79. The van der Waals surface area contributed by atoms with Gasteiger partial charge in [-0.2, -0.15) is 0 Å². The maximum atomic E-state index is 12.6. The highest BCUT2D eigenvalue weighted by Crippen LogP contribution is 2.24. The van der Waals surface area contributed by atoms with Crippen LogP contribution in [0.25, 0.3) is 11.0 Å². The van der Waals surface area contributed by atoms with Crippen LogP contribution in [-0.4, -0.2) is 20.2 Å². The topological polar surface area (TPSA) is 64.2 Å². The molecule has 0 spiro atoms. The standard InChI is InChI=1S/C18H18N2O3/c1-11-12(2)20(9-13-7-5-4-6-8-13)17-15(11)16(21)14(18(22)23)10-19(17)3/h4-8,10H,9H2,1-3H3,(H,22,23). The molecule has 0 unspecified atom stereocenters. The van der Waals surface area contributed by atoms with Crippen molar-refractivity contribution in [2.75, 3.05) is 0 Å². The summed E-state index contributed by atoms with van der Waals surface area (Å²) in [5.74, 6) is -1.19. The van der Waals surface area contributed by atoms with Crippen molar-refractivity contribution in [2.45, 2.75) is 20.4 Å². The van der Waals surface area contributed by atoms with E-state index in [9.17, 15) is 14.7 Å². The number of hydrogen-bond acceptors (Lipinski definition) is 2. The normalized spacial score (nSPS) is 11.1. The summed E-state index contributed by atoms with van der Waals surface area (Å²) in [6.45, 7) is 4.46. The Balaban J connectivity index is 2.32. The molecule has 0 fully saturated rings. The molecular weight excluding hydrogens is 292 g/mol. The second kappa shape index (κ2) is 5.43. The number of fused-ring (bicyclic) bond motifs is 1. The maximum absolute atomic E-state index is 12.6.